The number of carbonyl (C=O) groups is 3. The van der Waals surface area contributed by atoms with E-state index in [4.69, 9.17) is 17.3 Å². The summed E-state index contributed by atoms with van der Waals surface area (Å²) in [6.07, 6.45) is 0.0136. The van der Waals surface area contributed by atoms with Gasteiger partial charge >= 0.3 is 6.03 Å². The highest BCUT2D eigenvalue weighted by atomic mass is 16.2. The van der Waals surface area contributed by atoms with Gasteiger partial charge in [0.1, 0.15) is 6.04 Å². The molecule has 0 radical (unpaired) electrons. The molecule has 8 nitrogen and oxygen atoms in total. The zero-order chi connectivity index (χ0) is 11.1. The quantitative estimate of drug-likeness (QED) is 0.187. The smallest absolute Gasteiger partial charge is 0.312 e. The minimum Gasteiger partial charge on any atom is -0.370 e. The minimum atomic E-state index is -0.940. The van der Waals surface area contributed by atoms with Crippen LogP contribution in [-0.4, -0.2) is 23.9 Å². The van der Waals surface area contributed by atoms with E-state index in [1.165, 1.54) is 0 Å². The van der Waals surface area contributed by atoms with Crippen molar-refractivity contribution in [3.05, 3.63) is 0 Å². The van der Waals surface area contributed by atoms with E-state index in [0.717, 1.165) is 0 Å². The van der Waals surface area contributed by atoms with Crippen LogP contribution >= 0.6 is 0 Å². The Labute approximate surface area is 80.1 Å². The molecule has 0 spiro atoms. The van der Waals surface area contributed by atoms with Crippen LogP contribution in [0.2, 0.25) is 0 Å². The molecule has 4 amide bonds. The molecule has 0 saturated carbocycles. The summed E-state index contributed by atoms with van der Waals surface area (Å²) in [5.74, 6) is 3.64. The number of primary amides is 2. The van der Waals surface area contributed by atoms with Crippen LogP contribution in [0.25, 0.3) is 0 Å². The summed E-state index contributed by atoms with van der Waals surface area (Å²) in [4.78, 5) is 31.9. The molecule has 80 valence electrons. The predicted octanol–water partition coefficient (Wildman–Crippen LogP) is -2.72. The Bertz CT molecular complexity index is 242. The van der Waals surface area contributed by atoms with Crippen molar-refractivity contribution in [1.82, 2.24) is 10.7 Å². The fourth-order valence-electron chi connectivity index (χ4n) is 0.828. The largest absolute Gasteiger partial charge is 0.370 e. The van der Waals surface area contributed by atoms with Crippen LogP contribution in [0.1, 0.15) is 12.8 Å². The Hall–Kier alpha value is -1.83. The molecule has 8 heteroatoms. The molecule has 14 heavy (non-hydrogen) atoms. The zero-order valence-electron chi connectivity index (χ0n) is 7.45. The lowest BCUT2D eigenvalue weighted by molar-refractivity contribution is -0.123. The fourth-order valence-corrected chi connectivity index (χ4v) is 0.828. The van der Waals surface area contributed by atoms with Gasteiger partial charge in [0.25, 0.3) is 5.91 Å². The first-order valence-corrected chi connectivity index (χ1v) is 3.82. The van der Waals surface area contributed by atoms with E-state index < -0.39 is 23.9 Å². The monoisotopic (exact) mass is 203 g/mol. The number of hydrazine groups is 1. The highest BCUT2D eigenvalue weighted by Crippen LogP contribution is 1.96. The van der Waals surface area contributed by atoms with Crippen LogP contribution in [0.15, 0.2) is 0 Å². The van der Waals surface area contributed by atoms with E-state index in [1.54, 1.807) is 0 Å². The van der Waals surface area contributed by atoms with Crippen molar-refractivity contribution in [3.63, 3.8) is 0 Å². The maximum absolute atomic E-state index is 11.0. The molecule has 0 aromatic rings. The number of nitrogens with one attached hydrogen (secondary N) is 2. The molecule has 0 saturated heterocycles. The summed E-state index contributed by atoms with van der Waals surface area (Å²) in [6, 6.07) is -1.81. The van der Waals surface area contributed by atoms with Crippen LogP contribution in [0.3, 0.4) is 0 Å². The van der Waals surface area contributed by atoms with Crippen molar-refractivity contribution >= 4 is 17.8 Å². The van der Waals surface area contributed by atoms with Crippen molar-refractivity contribution in [1.29, 1.82) is 0 Å². The Kier molecular flexibility index (Phi) is 5.00. The van der Waals surface area contributed by atoms with Gasteiger partial charge < -0.3 is 16.8 Å². The maximum atomic E-state index is 11.0. The van der Waals surface area contributed by atoms with Gasteiger partial charge in [0.2, 0.25) is 5.91 Å². The Morgan fingerprint density at radius 3 is 2.14 bits per heavy atom. The lowest BCUT2D eigenvalue weighted by Gasteiger charge is -2.14. The topological polar surface area (TPSA) is 153 Å². The lowest BCUT2D eigenvalue weighted by atomic mass is 10.1. The summed E-state index contributed by atoms with van der Waals surface area (Å²) in [6.45, 7) is 0. The standard InChI is InChI=1S/C6H13N5O3/c7-4(12)2-1-3(5(13)11-9)10-6(8)14/h3H,1-2,9H2,(H2,7,12)(H,11,13)(H3,8,10,14)/t3-/m0/s1. The molecular weight excluding hydrogens is 190 g/mol. The third kappa shape index (κ3) is 4.93. The molecule has 0 aliphatic rings. The van der Waals surface area contributed by atoms with Crippen LogP contribution in [0.5, 0.6) is 0 Å². The number of amides is 4. The predicted molar refractivity (Wildman–Crippen MR) is 47.3 cm³/mol. The number of hydrogen-bond acceptors (Lipinski definition) is 4. The molecule has 0 unspecified atom stereocenters. The molecule has 0 rings (SSSR count). The van der Waals surface area contributed by atoms with Crippen molar-refractivity contribution in [3.8, 4) is 0 Å². The first-order valence-electron chi connectivity index (χ1n) is 3.82. The van der Waals surface area contributed by atoms with Crippen molar-refractivity contribution in [2.45, 2.75) is 18.9 Å². The number of nitrogens with two attached hydrogens (primary N) is 3. The molecule has 0 bridgehead atoms. The van der Waals surface area contributed by atoms with Gasteiger partial charge in [-0.3, -0.25) is 15.0 Å². The third-order valence-corrected chi connectivity index (χ3v) is 1.45. The average Bonchev–Trinajstić information content (AvgIpc) is 2.10. The number of rotatable bonds is 5. The van der Waals surface area contributed by atoms with Gasteiger partial charge in [-0.25, -0.2) is 10.6 Å². The number of urea groups is 1. The summed E-state index contributed by atoms with van der Waals surface area (Å²) >= 11 is 0. The van der Waals surface area contributed by atoms with E-state index in [2.05, 4.69) is 5.32 Å². The molecule has 0 aliphatic heterocycles. The fraction of sp³-hybridized carbons (Fsp3) is 0.500. The molecule has 0 aliphatic carbocycles. The van der Waals surface area contributed by atoms with Gasteiger partial charge in [0.15, 0.2) is 0 Å². The lowest BCUT2D eigenvalue weighted by Crippen LogP contribution is -2.50. The van der Waals surface area contributed by atoms with Gasteiger partial charge in [0, 0.05) is 6.42 Å². The van der Waals surface area contributed by atoms with Crippen molar-refractivity contribution < 1.29 is 14.4 Å². The van der Waals surface area contributed by atoms with E-state index in [9.17, 15) is 14.4 Å². The molecular formula is C6H13N5O3. The Morgan fingerprint density at radius 2 is 1.79 bits per heavy atom. The van der Waals surface area contributed by atoms with Gasteiger partial charge in [0.05, 0.1) is 0 Å². The summed E-state index contributed by atoms with van der Waals surface area (Å²) in [7, 11) is 0. The minimum absolute atomic E-state index is 0.0433. The summed E-state index contributed by atoms with van der Waals surface area (Å²) in [5.41, 5.74) is 11.5. The summed E-state index contributed by atoms with van der Waals surface area (Å²) < 4.78 is 0. The average molecular weight is 203 g/mol. The van der Waals surface area contributed by atoms with Gasteiger partial charge in [-0.2, -0.15) is 0 Å². The van der Waals surface area contributed by atoms with E-state index in [1.807, 2.05) is 5.43 Å². The number of hydrogen-bond donors (Lipinski definition) is 5. The number of carbonyl (C=O) groups excluding carboxylic acids is 3. The van der Waals surface area contributed by atoms with Crippen LogP contribution in [-0.2, 0) is 9.59 Å². The molecule has 0 aromatic carbocycles. The summed E-state index contributed by atoms with van der Waals surface area (Å²) in [5, 5.41) is 2.12. The Morgan fingerprint density at radius 1 is 1.21 bits per heavy atom. The second kappa shape index (κ2) is 5.75. The van der Waals surface area contributed by atoms with Crippen molar-refractivity contribution in [2.24, 2.45) is 17.3 Å². The molecule has 0 heterocycles. The zero-order valence-corrected chi connectivity index (χ0v) is 7.45. The van der Waals surface area contributed by atoms with Crippen LogP contribution in [0, 0.1) is 0 Å². The van der Waals surface area contributed by atoms with E-state index in [-0.39, 0.29) is 12.8 Å². The van der Waals surface area contributed by atoms with Gasteiger partial charge in [-0.1, -0.05) is 0 Å². The normalized spacial score (nSPS) is 11.5. The molecule has 8 N–H and O–H groups in total. The first-order chi connectivity index (χ1) is 6.47. The van der Waals surface area contributed by atoms with Gasteiger partial charge in [-0.15, -0.1) is 0 Å². The SMILES string of the molecule is NNC(=O)[C@H](CCC(N)=O)NC(N)=O. The van der Waals surface area contributed by atoms with E-state index >= 15 is 0 Å². The second-order valence-electron chi connectivity index (χ2n) is 2.57. The van der Waals surface area contributed by atoms with Crippen LogP contribution < -0.4 is 28.1 Å². The Balaban J connectivity index is 4.17. The highest BCUT2D eigenvalue weighted by molar-refractivity contribution is 5.86. The highest BCUT2D eigenvalue weighted by Gasteiger charge is 2.18. The van der Waals surface area contributed by atoms with Crippen molar-refractivity contribution in [2.75, 3.05) is 0 Å². The van der Waals surface area contributed by atoms with Crippen LogP contribution in [0.4, 0.5) is 4.79 Å². The second-order valence-corrected chi connectivity index (χ2v) is 2.57. The first kappa shape index (κ1) is 12.2. The van der Waals surface area contributed by atoms with Gasteiger partial charge in [-0.05, 0) is 6.42 Å². The molecule has 1 atom stereocenters. The van der Waals surface area contributed by atoms with E-state index in [0.29, 0.717) is 0 Å². The molecule has 0 aromatic heterocycles. The third-order valence-electron chi connectivity index (χ3n) is 1.45. The maximum Gasteiger partial charge on any atom is 0.312 e. The molecule has 0 fully saturated rings.